The predicted molar refractivity (Wildman–Crippen MR) is 74.6 cm³/mol. The van der Waals surface area contributed by atoms with Crippen LogP contribution in [0, 0.1) is 11.3 Å². The fourth-order valence-corrected chi connectivity index (χ4v) is 3.49. The first-order valence-electron chi connectivity index (χ1n) is 5.96. The van der Waals surface area contributed by atoms with Gasteiger partial charge in [-0.3, -0.25) is 10.1 Å². The zero-order chi connectivity index (χ0) is 14.1. The maximum absolute atomic E-state index is 11.9. The molecule has 0 aliphatic carbocycles. The smallest absolute Gasteiger partial charge is 0.325 e. The minimum Gasteiger partial charge on any atom is -0.468 e. The molecule has 0 saturated carbocycles. The molecule has 0 aromatic heterocycles. The van der Waals surface area contributed by atoms with E-state index < -0.39 is 9.86 Å². The van der Waals surface area contributed by atoms with Crippen LogP contribution in [0.2, 0.25) is 0 Å². The van der Waals surface area contributed by atoms with Gasteiger partial charge in [0.15, 0.2) is 0 Å². The van der Waals surface area contributed by atoms with Crippen molar-refractivity contribution in [2.75, 3.05) is 7.11 Å². The van der Waals surface area contributed by atoms with Crippen LogP contribution in [-0.2, 0) is 9.53 Å². The number of benzene rings is 1. The summed E-state index contributed by atoms with van der Waals surface area (Å²) in [7, 11) is 1.35. The van der Waals surface area contributed by atoms with Crippen LogP contribution in [0.25, 0.3) is 0 Å². The Morgan fingerprint density at radius 3 is 2.68 bits per heavy atom. The molecule has 100 valence electrons. The van der Waals surface area contributed by atoms with Gasteiger partial charge in [-0.25, -0.2) is 0 Å². The van der Waals surface area contributed by atoms with Crippen LogP contribution in [0.4, 0.5) is 0 Å². The van der Waals surface area contributed by atoms with Gasteiger partial charge in [-0.1, -0.05) is 46.3 Å². The monoisotopic (exact) mass is 322 g/mol. The van der Waals surface area contributed by atoms with Crippen LogP contribution in [0.15, 0.2) is 30.3 Å². The first-order chi connectivity index (χ1) is 8.95. The van der Waals surface area contributed by atoms with Gasteiger partial charge in [0.2, 0.25) is 0 Å². The van der Waals surface area contributed by atoms with E-state index in [2.05, 4.69) is 27.3 Å². The van der Waals surface area contributed by atoms with Crippen molar-refractivity contribution in [1.29, 1.82) is 5.26 Å². The van der Waals surface area contributed by atoms with E-state index in [4.69, 9.17) is 4.74 Å². The number of hydrogen-bond acceptors (Lipinski definition) is 4. The average molecular weight is 323 g/mol. The zero-order valence-corrected chi connectivity index (χ0v) is 12.4. The van der Waals surface area contributed by atoms with E-state index in [-0.39, 0.29) is 12.0 Å². The molecule has 3 unspecified atom stereocenters. The Kier molecular flexibility index (Phi) is 3.66. The largest absolute Gasteiger partial charge is 0.468 e. The molecule has 0 amide bonds. The lowest BCUT2D eigenvalue weighted by Crippen LogP contribution is -2.45. The molecule has 4 nitrogen and oxygen atoms in total. The molecule has 1 aromatic carbocycles. The minimum atomic E-state index is -0.867. The lowest BCUT2D eigenvalue weighted by molar-refractivity contribution is -0.147. The van der Waals surface area contributed by atoms with Gasteiger partial charge in [-0.2, -0.15) is 5.26 Å². The molecule has 0 spiro atoms. The Hall–Kier alpha value is -1.38. The molecule has 5 heteroatoms. The number of nitriles is 1. The van der Waals surface area contributed by atoms with Crippen LogP contribution in [0.5, 0.6) is 0 Å². The van der Waals surface area contributed by atoms with E-state index in [1.165, 1.54) is 7.11 Å². The SMILES string of the molecule is COC(=O)C1(C)CC(Br)(C#N)C(c2ccccc2)N1. The van der Waals surface area contributed by atoms with E-state index >= 15 is 0 Å². The Balaban J connectivity index is 2.40. The van der Waals surface area contributed by atoms with E-state index in [1.807, 2.05) is 30.3 Å². The number of methoxy groups -OCH3 is 1. The van der Waals surface area contributed by atoms with Crippen LogP contribution >= 0.6 is 15.9 Å². The summed E-state index contributed by atoms with van der Waals surface area (Å²) < 4.78 is 4.01. The second kappa shape index (κ2) is 4.95. The number of carbonyl (C=O) groups excluding carboxylic acids is 1. The summed E-state index contributed by atoms with van der Waals surface area (Å²) in [6, 6.07) is 11.6. The molecule has 19 heavy (non-hydrogen) atoms. The highest BCUT2D eigenvalue weighted by atomic mass is 79.9. The molecule has 1 N–H and O–H groups in total. The fourth-order valence-electron chi connectivity index (χ4n) is 2.55. The molecular weight excluding hydrogens is 308 g/mol. The third-order valence-electron chi connectivity index (χ3n) is 3.49. The van der Waals surface area contributed by atoms with Crippen LogP contribution in [-0.4, -0.2) is 22.9 Å². The van der Waals surface area contributed by atoms with Crippen molar-refractivity contribution in [3.8, 4) is 6.07 Å². The number of nitrogens with zero attached hydrogens (tertiary/aromatic N) is 1. The third kappa shape index (κ3) is 2.38. The summed E-state index contributed by atoms with van der Waals surface area (Å²) in [5, 5.41) is 12.7. The number of alkyl halides is 1. The van der Waals surface area contributed by atoms with Crippen molar-refractivity contribution >= 4 is 21.9 Å². The van der Waals surface area contributed by atoms with Crippen molar-refractivity contribution < 1.29 is 9.53 Å². The van der Waals surface area contributed by atoms with Gasteiger partial charge in [0.1, 0.15) is 9.86 Å². The highest BCUT2D eigenvalue weighted by molar-refractivity contribution is 9.10. The van der Waals surface area contributed by atoms with Gasteiger partial charge >= 0.3 is 5.97 Å². The van der Waals surface area contributed by atoms with E-state index in [0.29, 0.717) is 6.42 Å². The first-order valence-corrected chi connectivity index (χ1v) is 6.76. The molecule has 1 aromatic rings. The van der Waals surface area contributed by atoms with E-state index in [0.717, 1.165) is 5.56 Å². The van der Waals surface area contributed by atoms with E-state index in [9.17, 15) is 10.1 Å². The highest BCUT2D eigenvalue weighted by Gasteiger charge is 2.56. The predicted octanol–water partition coefficient (Wildman–Crippen LogP) is 2.31. The molecular formula is C14H15BrN2O2. The number of esters is 1. The number of hydrogen-bond donors (Lipinski definition) is 1. The second-order valence-corrected chi connectivity index (χ2v) is 6.38. The van der Waals surface area contributed by atoms with Gasteiger partial charge in [-0.15, -0.1) is 0 Å². The maximum atomic E-state index is 11.9. The Morgan fingerprint density at radius 1 is 1.53 bits per heavy atom. The Morgan fingerprint density at radius 2 is 2.16 bits per heavy atom. The summed E-state index contributed by atoms with van der Waals surface area (Å²) in [5.74, 6) is -0.356. The lowest BCUT2D eigenvalue weighted by atomic mass is 9.91. The van der Waals surface area contributed by atoms with Crippen LogP contribution < -0.4 is 5.32 Å². The normalized spacial score (nSPS) is 33.7. The molecule has 0 radical (unpaired) electrons. The summed E-state index contributed by atoms with van der Waals surface area (Å²) in [6.07, 6.45) is 0.350. The van der Waals surface area contributed by atoms with Gasteiger partial charge in [-0.05, 0) is 12.5 Å². The Labute approximate surface area is 120 Å². The van der Waals surface area contributed by atoms with Crippen molar-refractivity contribution in [1.82, 2.24) is 5.32 Å². The average Bonchev–Trinajstić information content (AvgIpc) is 2.72. The molecule has 0 bridgehead atoms. The van der Waals surface area contributed by atoms with E-state index in [1.54, 1.807) is 6.92 Å². The summed E-state index contributed by atoms with van der Waals surface area (Å²) in [5.41, 5.74) is 0.0997. The number of carbonyl (C=O) groups is 1. The summed E-state index contributed by atoms with van der Waals surface area (Å²) >= 11 is 3.49. The number of halogens is 1. The highest BCUT2D eigenvalue weighted by Crippen LogP contribution is 2.47. The lowest BCUT2D eigenvalue weighted by Gasteiger charge is -2.22. The Bertz CT molecular complexity index is 528. The third-order valence-corrected chi connectivity index (χ3v) is 4.40. The van der Waals surface area contributed by atoms with Crippen molar-refractivity contribution in [2.45, 2.75) is 29.2 Å². The molecule has 1 aliphatic heterocycles. The standard InChI is InChI=1S/C14H15BrN2O2/c1-13(12(18)19-2)8-14(15,9-16)11(17-13)10-6-4-3-5-7-10/h3-7,11,17H,8H2,1-2H3. The topological polar surface area (TPSA) is 62.1 Å². The van der Waals surface area contributed by atoms with Crippen molar-refractivity contribution in [3.63, 3.8) is 0 Å². The second-order valence-electron chi connectivity index (χ2n) is 4.96. The fraction of sp³-hybridized carbons (Fsp3) is 0.429. The number of rotatable bonds is 2. The van der Waals surface area contributed by atoms with Crippen LogP contribution in [0.1, 0.15) is 24.9 Å². The molecule has 1 saturated heterocycles. The summed E-state index contributed by atoms with van der Waals surface area (Å²) in [6.45, 7) is 1.76. The van der Waals surface area contributed by atoms with Gasteiger partial charge < -0.3 is 4.74 Å². The molecule has 3 atom stereocenters. The molecule has 1 aliphatic rings. The number of nitrogens with one attached hydrogen (secondary N) is 1. The van der Waals surface area contributed by atoms with Gasteiger partial charge in [0.25, 0.3) is 0 Å². The first kappa shape index (κ1) is 14.0. The van der Waals surface area contributed by atoms with Crippen molar-refractivity contribution in [2.24, 2.45) is 0 Å². The minimum absolute atomic E-state index is 0.261. The van der Waals surface area contributed by atoms with Crippen LogP contribution in [0.3, 0.4) is 0 Å². The maximum Gasteiger partial charge on any atom is 0.325 e. The molecule has 1 heterocycles. The zero-order valence-electron chi connectivity index (χ0n) is 10.8. The van der Waals surface area contributed by atoms with Gasteiger partial charge in [0.05, 0.1) is 19.2 Å². The quantitative estimate of drug-likeness (QED) is 0.670. The number of ether oxygens (including phenoxy) is 1. The van der Waals surface area contributed by atoms with Gasteiger partial charge in [0, 0.05) is 6.42 Å². The summed E-state index contributed by atoms with van der Waals surface area (Å²) in [4.78, 5) is 11.9. The molecule has 1 fully saturated rings. The van der Waals surface area contributed by atoms with Crippen molar-refractivity contribution in [3.05, 3.63) is 35.9 Å². The molecule has 2 rings (SSSR count).